The fourth-order valence-corrected chi connectivity index (χ4v) is 3.22. The van der Waals surface area contributed by atoms with E-state index < -0.39 is 0 Å². The monoisotopic (exact) mass is 409 g/mol. The van der Waals surface area contributed by atoms with Gasteiger partial charge in [0.2, 0.25) is 17.7 Å². The highest BCUT2D eigenvalue weighted by Crippen LogP contribution is 2.20. The van der Waals surface area contributed by atoms with Gasteiger partial charge >= 0.3 is 0 Å². The molecule has 0 saturated heterocycles. The van der Waals surface area contributed by atoms with Crippen LogP contribution in [-0.4, -0.2) is 16.1 Å². The van der Waals surface area contributed by atoms with Gasteiger partial charge in [0.15, 0.2) is 0 Å². The number of thiophene rings is 1. The highest BCUT2D eigenvalue weighted by atomic mass is 79.9. The molecule has 3 rings (SSSR count). The maximum Gasteiger partial charge on any atom is 0.248 e. The molecule has 1 aromatic carbocycles. The molecule has 0 aliphatic heterocycles. The minimum absolute atomic E-state index is 0.161. The first-order chi connectivity index (χ1) is 11.6. The maximum absolute atomic E-state index is 13.3. The standard InChI is InChI=1S/C16H13BrFN3O2S/c17-12-5-10(6-13(18)7-12)8-19-14(22)1-2-15-20-21-16(23-15)11-3-4-24-9-11/h3-7,9H,1-2,8H2,(H,19,22). The molecule has 2 heterocycles. The first-order valence-electron chi connectivity index (χ1n) is 7.17. The normalized spacial score (nSPS) is 10.8. The van der Waals surface area contributed by atoms with E-state index >= 15 is 0 Å². The van der Waals surface area contributed by atoms with Crippen LogP contribution in [0.2, 0.25) is 0 Å². The molecule has 0 bridgehead atoms. The summed E-state index contributed by atoms with van der Waals surface area (Å²) in [4.78, 5) is 11.9. The van der Waals surface area contributed by atoms with Crippen molar-refractivity contribution in [3.63, 3.8) is 0 Å². The number of hydrogen-bond donors (Lipinski definition) is 1. The van der Waals surface area contributed by atoms with E-state index in [1.54, 1.807) is 17.4 Å². The molecule has 1 amide bonds. The van der Waals surface area contributed by atoms with Crippen molar-refractivity contribution >= 4 is 33.2 Å². The van der Waals surface area contributed by atoms with Gasteiger partial charge in [0.25, 0.3) is 0 Å². The lowest BCUT2D eigenvalue weighted by Gasteiger charge is -2.05. The first-order valence-corrected chi connectivity index (χ1v) is 8.90. The molecule has 24 heavy (non-hydrogen) atoms. The second-order valence-electron chi connectivity index (χ2n) is 5.07. The largest absolute Gasteiger partial charge is 0.421 e. The van der Waals surface area contributed by atoms with Crippen molar-refractivity contribution in [3.8, 4) is 11.5 Å². The fraction of sp³-hybridized carbons (Fsp3) is 0.188. The summed E-state index contributed by atoms with van der Waals surface area (Å²) < 4.78 is 19.4. The van der Waals surface area contributed by atoms with Gasteiger partial charge in [-0.1, -0.05) is 15.9 Å². The Balaban J connectivity index is 1.49. The molecule has 2 aromatic heterocycles. The third-order valence-electron chi connectivity index (χ3n) is 3.21. The van der Waals surface area contributed by atoms with Gasteiger partial charge in [-0.05, 0) is 35.2 Å². The number of hydrogen-bond acceptors (Lipinski definition) is 5. The summed E-state index contributed by atoms with van der Waals surface area (Å²) in [6.45, 7) is 0.263. The molecular formula is C16H13BrFN3O2S. The molecule has 0 atom stereocenters. The minimum Gasteiger partial charge on any atom is -0.421 e. The van der Waals surface area contributed by atoms with E-state index in [1.165, 1.54) is 12.1 Å². The highest BCUT2D eigenvalue weighted by molar-refractivity contribution is 9.10. The molecule has 1 N–H and O–H groups in total. The number of aromatic nitrogens is 2. The van der Waals surface area contributed by atoms with E-state index in [9.17, 15) is 9.18 Å². The van der Waals surface area contributed by atoms with Crippen molar-refractivity contribution in [1.82, 2.24) is 15.5 Å². The second kappa shape index (κ2) is 7.67. The van der Waals surface area contributed by atoms with E-state index in [2.05, 4.69) is 31.4 Å². The van der Waals surface area contributed by atoms with E-state index in [4.69, 9.17) is 4.42 Å². The lowest BCUT2D eigenvalue weighted by atomic mass is 10.2. The molecule has 5 nitrogen and oxygen atoms in total. The molecule has 0 radical (unpaired) electrons. The SMILES string of the molecule is O=C(CCc1nnc(-c2ccsc2)o1)NCc1cc(F)cc(Br)c1. The zero-order chi connectivity index (χ0) is 16.9. The Kier molecular flexibility index (Phi) is 5.37. The Morgan fingerprint density at radius 2 is 2.21 bits per heavy atom. The van der Waals surface area contributed by atoms with Crippen molar-refractivity contribution in [1.29, 1.82) is 0 Å². The van der Waals surface area contributed by atoms with Gasteiger partial charge in [0.05, 0.1) is 0 Å². The van der Waals surface area contributed by atoms with Gasteiger partial charge in [0.1, 0.15) is 5.82 Å². The molecule has 0 aliphatic rings. The minimum atomic E-state index is -0.347. The van der Waals surface area contributed by atoms with E-state index in [0.717, 1.165) is 5.56 Å². The van der Waals surface area contributed by atoms with Crippen molar-refractivity contribution in [2.24, 2.45) is 0 Å². The third-order valence-corrected chi connectivity index (χ3v) is 4.35. The first kappa shape index (κ1) is 16.8. The summed E-state index contributed by atoms with van der Waals surface area (Å²) >= 11 is 4.77. The number of carbonyl (C=O) groups excluding carboxylic acids is 1. The summed E-state index contributed by atoms with van der Waals surface area (Å²) in [6, 6.07) is 6.41. The van der Waals surface area contributed by atoms with Gasteiger partial charge in [-0.15, -0.1) is 10.2 Å². The zero-order valence-electron chi connectivity index (χ0n) is 12.5. The predicted molar refractivity (Wildman–Crippen MR) is 91.9 cm³/mol. The van der Waals surface area contributed by atoms with E-state index in [1.807, 2.05) is 16.8 Å². The summed E-state index contributed by atoms with van der Waals surface area (Å²) in [5.41, 5.74) is 1.56. The zero-order valence-corrected chi connectivity index (χ0v) is 14.9. The van der Waals surface area contributed by atoms with E-state index in [0.29, 0.717) is 28.2 Å². The van der Waals surface area contributed by atoms with Crippen LogP contribution in [0.3, 0.4) is 0 Å². The Morgan fingerprint density at radius 1 is 1.33 bits per heavy atom. The molecule has 0 aliphatic carbocycles. The second-order valence-corrected chi connectivity index (χ2v) is 6.76. The van der Waals surface area contributed by atoms with Crippen LogP contribution in [0.4, 0.5) is 4.39 Å². The lowest BCUT2D eigenvalue weighted by Crippen LogP contribution is -2.23. The van der Waals surface area contributed by atoms with Gasteiger partial charge in [0, 0.05) is 34.8 Å². The number of carbonyl (C=O) groups is 1. The van der Waals surface area contributed by atoms with Crippen molar-refractivity contribution in [3.05, 3.63) is 56.8 Å². The number of nitrogens with one attached hydrogen (secondary N) is 1. The van der Waals surface area contributed by atoms with Crippen LogP contribution in [0.25, 0.3) is 11.5 Å². The van der Waals surface area contributed by atoms with Gasteiger partial charge in [-0.25, -0.2) is 4.39 Å². The molecular weight excluding hydrogens is 397 g/mol. The van der Waals surface area contributed by atoms with Crippen molar-refractivity contribution < 1.29 is 13.6 Å². The summed E-state index contributed by atoms with van der Waals surface area (Å²) in [7, 11) is 0. The Morgan fingerprint density at radius 3 is 2.96 bits per heavy atom. The Hall–Kier alpha value is -2.06. The average molecular weight is 410 g/mol. The van der Waals surface area contributed by atoms with Gasteiger partial charge in [-0.3, -0.25) is 4.79 Å². The summed E-state index contributed by atoms with van der Waals surface area (Å²) in [5, 5.41) is 14.5. The van der Waals surface area contributed by atoms with Gasteiger partial charge < -0.3 is 9.73 Å². The Labute approximate surface area is 150 Å². The third kappa shape index (κ3) is 4.48. The topological polar surface area (TPSA) is 68.0 Å². The van der Waals surface area contributed by atoms with Crippen LogP contribution in [0, 0.1) is 5.82 Å². The summed E-state index contributed by atoms with van der Waals surface area (Å²) in [6.07, 6.45) is 0.581. The molecule has 124 valence electrons. The predicted octanol–water partition coefficient (Wildman–Crippen LogP) is 3.95. The number of aryl methyl sites for hydroxylation is 1. The summed E-state index contributed by atoms with van der Waals surface area (Å²) in [5.74, 6) is 0.363. The molecule has 0 saturated carbocycles. The van der Waals surface area contributed by atoms with Crippen LogP contribution in [-0.2, 0) is 17.8 Å². The van der Waals surface area contributed by atoms with Gasteiger partial charge in [-0.2, -0.15) is 11.3 Å². The number of rotatable bonds is 6. The van der Waals surface area contributed by atoms with Crippen LogP contribution >= 0.6 is 27.3 Å². The molecule has 0 spiro atoms. The van der Waals surface area contributed by atoms with Crippen molar-refractivity contribution in [2.75, 3.05) is 0 Å². The average Bonchev–Trinajstić information content (AvgIpc) is 3.20. The molecule has 3 aromatic rings. The van der Waals surface area contributed by atoms with Crippen LogP contribution in [0.1, 0.15) is 17.9 Å². The lowest BCUT2D eigenvalue weighted by molar-refractivity contribution is -0.121. The number of nitrogens with zero attached hydrogens (tertiary/aromatic N) is 2. The smallest absolute Gasteiger partial charge is 0.248 e. The fourth-order valence-electron chi connectivity index (χ4n) is 2.08. The quantitative estimate of drug-likeness (QED) is 0.668. The molecule has 0 fully saturated rings. The Bertz CT molecular complexity index is 815. The molecule has 8 heteroatoms. The van der Waals surface area contributed by atoms with E-state index in [-0.39, 0.29) is 24.7 Å². The number of amides is 1. The number of halogens is 2. The highest BCUT2D eigenvalue weighted by Gasteiger charge is 2.11. The van der Waals surface area contributed by atoms with Crippen LogP contribution in [0.15, 0.2) is 43.9 Å². The van der Waals surface area contributed by atoms with Crippen LogP contribution in [0.5, 0.6) is 0 Å². The van der Waals surface area contributed by atoms with Crippen LogP contribution < -0.4 is 5.32 Å². The van der Waals surface area contributed by atoms with Crippen molar-refractivity contribution in [2.45, 2.75) is 19.4 Å². The number of benzene rings is 1. The maximum atomic E-state index is 13.3. The molecule has 0 unspecified atom stereocenters.